The molecule has 0 aliphatic heterocycles. The number of nitrogens with zero attached hydrogens (tertiary/aromatic N) is 2. The normalized spacial score (nSPS) is 10.2. The average molecular weight is 305 g/mol. The van der Waals surface area contributed by atoms with Crippen LogP contribution in [-0.4, -0.2) is 29.4 Å². The zero-order valence-corrected chi connectivity index (χ0v) is 12.8. The molecular weight excluding hydrogens is 288 g/mol. The summed E-state index contributed by atoms with van der Waals surface area (Å²) >= 11 is 5.89. The Bertz CT molecular complexity index is 631. The van der Waals surface area contributed by atoms with Crippen LogP contribution in [0.4, 0.5) is 0 Å². The lowest BCUT2D eigenvalue weighted by molar-refractivity contribution is 0.0778. The summed E-state index contributed by atoms with van der Waals surface area (Å²) in [5, 5.41) is 0.497. The number of amides is 1. The van der Waals surface area contributed by atoms with Gasteiger partial charge in [-0.05, 0) is 25.1 Å². The van der Waals surface area contributed by atoms with E-state index in [2.05, 4.69) is 4.98 Å². The molecular formula is C16H17ClN2O2. The molecule has 0 atom stereocenters. The molecule has 5 heteroatoms. The largest absolute Gasteiger partial charge is 0.494 e. The van der Waals surface area contributed by atoms with E-state index in [4.69, 9.17) is 16.3 Å². The Hall–Kier alpha value is -2.07. The maximum atomic E-state index is 12.3. The summed E-state index contributed by atoms with van der Waals surface area (Å²) in [5.74, 6) is 0.613. The number of para-hydroxylation sites is 1. The van der Waals surface area contributed by atoms with Gasteiger partial charge in [0.15, 0.2) is 0 Å². The van der Waals surface area contributed by atoms with Gasteiger partial charge in [-0.25, -0.2) is 0 Å². The summed E-state index contributed by atoms with van der Waals surface area (Å²) in [6.45, 7) is 2.97. The van der Waals surface area contributed by atoms with Crippen molar-refractivity contribution in [3.05, 3.63) is 58.9 Å². The number of aromatic nitrogens is 1. The van der Waals surface area contributed by atoms with Crippen LogP contribution in [0.2, 0.25) is 5.02 Å². The van der Waals surface area contributed by atoms with Crippen LogP contribution in [0.3, 0.4) is 0 Å². The maximum absolute atomic E-state index is 12.3. The zero-order valence-electron chi connectivity index (χ0n) is 12.0. The molecule has 1 aromatic heterocycles. The van der Waals surface area contributed by atoms with E-state index in [1.54, 1.807) is 24.1 Å². The lowest BCUT2D eigenvalue weighted by Crippen LogP contribution is -2.27. The molecule has 4 nitrogen and oxygen atoms in total. The van der Waals surface area contributed by atoms with E-state index in [0.29, 0.717) is 23.9 Å². The van der Waals surface area contributed by atoms with Crippen molar-refractivity contribution in [3.63, 3.8) is 0 Å². The first kappa shape index (κ1) is 15.3. The zero-order chi connectivity index (χ0) is 15.2. The fourth-order valence-corrected chi connectivity index (χ4v) is 2.14. The van der Waals surface area contributed by atoms with E-state index in [0.717, 1.165) is 11.3 Å². The fourth-order valence-electron chi connectivity index (χ4n) is 1.98. The number of ether oxygens (including phenoxy) is 1. The molecule has 0 N–H and O–H groups in total. The molecule has 2 rings (SSSR count). The van der Waals surface area contributed by atoms with Crippen molar-refractivity contribution in [2.24, 2.45) is 0 Å². The molecule has 0 spiro atoms. The molecule has 2 aromatic rings. The van der Waals surface area contributed by atoms with Gasteiger partial charge in [0.2, 0.25) is 0 Å². The minimum absolute atomic E-state index is 0.177. The number of halogens is 1. The maximum Gasteiger partial charge on any atom is 0.272 e. The number of pyridine rings is 1. The highest BCUT2D eigenvalue weighted by molar-refractivity contribution is 6.30. The van der Waals surface area contributed by atoms with Crippen LogP contribution in [0.1, 0.15) is 23.0 Å². The molecule has 0 aliphatic rings. The van der Waals surface area contributed by atoms with Crippen LogP contribution in [0.25, 0.3) is 0 Å². The van der Waals surface area contributed by atoms with E-state index in [-0.39, 0.29) is 5.91 Å². The fraction of sp³-hybridized carbons (Fsp3) is 0.250. The van der Waals surface area contributed by atoms with Crippen LogP contribution in [0.15, 0.2) is 42.6 Å². The van der Waals surface area contributed by atoms with Gasteiger partial charge < -0.3 is 9.64 Å². The van der Waals surface area contributed by atoms with Gasteiger partial charge in [0.05, 0.1) is 6.61 Å². The summed E-state index contributed by atoms with van der Waals surface area (Å²) in [5.41, 5.74) is 1.29. The van der Waals surface area contributed by atoms with Crippen molar-refractivity contribution in [2.45, 2.75) is 13.5 Å². The number of carbonyl (C=O) groups is 1. The van der Waals surface area contributed by atoms with Crippen LogP contribution < -0.4 is 4.74 Å². The van der Waals surface area contributed by atoms with Crippen LogP contribution in [0, 0.1) is 0 Å². The van der Waals surface area contributed by atoms with Gasteiger partial charge in [-0.2, -0.15) is 0 Å². The van der Waals surface area contributed by atoms with E-state index < -0.39 is 0 Å². The number of carbonyl (C=O) groups excluding carboxylic acids is 1. The SMILES string of the molecule is CCOc1ccccc1CN(C)C(=O)c1cc(Cl)ccn1. The third kappa shape index (κ3) is 3.95. The minimum Gasteiger partial charge on any atom is -0.494 e. The molecule has 1 aromatic carbocycles. The first-order valence-corrected chi connectivity index (χ1v) is 7.07. The van der Waals surface area contributed by atoms with Gasteiger partial charge in [0.25, 0.3) is 5.91 Å². The molecule has 1 amide bonds. The van der Waals surface area contributed by atoms with Gasteiger partial charge >= 0.3 is 0 Å². The van der Waals surface area contributed by atoms with Crippen molar-refractivity contribution in [1.29, 1.82) is 0 Å². The summed E-state index contributed by atoms with van der Waals surface area (Å²) in [4.78, 5) is 18.0. The predicted octanol–water partition coefficient (Wildman–Crippen LogP) is 3.41. The summed E-state index contributed by atoms with van der Waals surface area (Å²) in [6.07, 6.45) is 1.53. The number of hydrogen-bond donors (Lipinski definition) is 0. The second-order valence-corrected chi connectivity index (χ2v) is 5.00. The van der Waals surface area contributed by atoms with E-state index in [9.17, 15) is 4.79 Å². The number of benzene rings is 1. The lowest BCUT2D eigenvalue weighted by Gasteiger charge is -2.19. The summed E-state index contributed by atoms with van der Waals surface area (Å²) in [7, 11) is 1.73. The molecule has 0 saturated heterocycles. The van der Waals surface area contributed by atoms with Gasteiger partial charge in [0.1, 0.15) is 11.4 Å². The van der Waals surface area contributed by atoms with Crippen molar-refractivity contribution in [1.82, 2.24) is 9.88 Å². The van der Waals surface area contributed by atoms with Crippen molar-refractivity contribution >= 4 is 17.5 Å². The Morgan fingerprint density at radius 2 is 2.10 bits per heavy atom. The molecule has 0 aliphatic carbocycles. The van der Waals surface area contributed by atoms with Crippen molar-refractivity contribution in [3.8, 4) is 5.75 Å². The first-order chi connectivity index (χ1) is 10.1. The quantitative estimate of drug-likeness (QED) is 0.850. The molecule has 0 unspecified atom stereocenters. The summed E-state index contributed by atoms with van der Waals surface area (Å²) < 4.78 is 5.57. The van der Waals surface area contributed by atoms with Crippen LogP contribution in [0.5, 0.6) is 5.75 Å². The third-order valence-electron chi connectivity index (χ3n) is 2.97. The first-order valence-electron chi connectivity index (χ1n) is 6.69. The Kier molecular flexibility index (Phi) is 5.17. The molecule has 1 heterocycles. The third-order valence-corrected chi connectivity index (χ3v) is 3.20. The Morgan fingerprint density at radius 1 is 1.33 bits per heavy atom. The monoisotopic (exact) mass is 304 g/mol. The van der Waals surface area contributed by atoms with Crippen molar-refractivity contribution < 1.29 is 9.53 Å². The highest BCUT2D eigenvalue weighted by Crippen LogP contribution is 2.20. The molecule has 0 saturated carbocycles. The highest BCUT2D eigenvalue weighted by atomic mass is 35.5. The standard InChI is InChI=1S/C16H17ClN2O2/c1-3-21-15-7-5-4-6-12(15)11-19(2)16(20)14-10-13(17)8-9-18-14/h4-10H,3,11H2,1-2H3. The summed E-state index contributed by atoms with van der Waals surface area (Å²) in [6, 6.07) is 10.9. The van der Waals surface area contributed by atoms with Crippen molar-refractivity contribution in [2.75, 3.05) is 13.7 Å². The van der Waals surface area contributed by atoms with Crippen LogP contribution in [-0.2, 0) is 6.54 Å². The average Bonchev–Trinajstić information content (AvgIpc) is 2.48. The number of rotatable bonds is 5. The Balaban J connectivity index is 2.14. The van der Waals surface area contributed by atoms with Gasteiger partial charge in [0, 0.05) is 30.4 Å². The minimum atomic E-state index is -0.177. The molecule has 0 fully saturated rings. The second-order valence-electron chi connectivity index (χ2n) is 4.56. The van der Waals surface area contributed by atoms with Gasteiger partial charge in [-0.1, -0.05) is 29.8 Å². The highest BCUT2D eigenvalue weighted by Gasteiger charge is 2.15. The van der Waals surface area contributed by atoms with Gasteiger partial charge in [-0.3, -0.25) is 9.78 Å². The molecule has 21 heavy (non-hydrogen) atoms. The topological polar surface area (TPSA) is 42.4 Å². The Labute approximate surface area is 129 Å². The number of hydrogen-bond acceptors (Lipinski definition) is 3. The van der Waals surface area contributed by atoms with E-state index in [1.165, 1.54) is 6.20 Å². The predicted molar refractivity (Wildman–Crippen MR) is 82.7 cm³/mol. The second kappa shape index (κ2) is 7.09. The lowest BCUT2D eigenvalue weighted by atomic mass is 10.2. The van der Waals surface area contributed by atoms with Gasteiger partial charge in [-0.15, -0.1) is 0 Å². The van der Waals surface area contributed by atoms with E-state index in [1.807, 2.05) is 31.2 Å². The molecule has 0 bridgehead atoms. The Morgan fingerprint density at radius 3 is 2.81 bits per heavy atom. The molecule has 110 valence electrons. The molecule has 0 radical (unpaired) electrons. The van der Waals surface area contributed by atoms with Crippen LogP contribution >= 0.6 is 11.6 Å². The van der Waals surface area contributed by atoms with E-state index >= 15 is 0 Å². The smallest absolute Gasteiger partial charge is 0.272 e.